The molecule has 0 heterocycles. The maximum atomic E-state index is 5.71. The van der Waals surface area contributed by atoms with Gasteiger partial charge in [0.15, 0.2) is 0 Å². The maximum absolute atomic E-state index is 5.71. The second kappa shape index (κ2) is 3.74. The van der Waals surface area contributed by atoms with Crippen molar-refractivity contribution in [1.29, 1.82) is 0 Å². The molecule has 60 valence electrons. The molecule has 0 fully saturated rings. The van der Waals surface area contributed by atoms with Crippen molar-refractivity contribution in [1.82, 2.24) is 0 Å². The molecular weight excluding hydrogens is 158 g/mol. The van der Waals surface area contributed by atoms with Gasteiger partial charge in [0.2, 0.25) is 0 Å². The molecule has 0 saturated heterocycles. The van der Waals surface area contributed by atoms with Gasteiger partial charge in [-0.2, -0.15) is 0 Å². The van der Waals surface area contributed by atoms with Crippen molar-refractivity contribution in [2.75, 3.05) is 5.88 Å². The molecule has 0 saturated carbocycles. The second-order valence-corrected chi connectivity index (χ2v) is 2.98. The van der Waals surface area contributed by atoms with E-state index in [1.54, 1.807) is 0 Å². The van der Waals surface area contributed by atoms with Gasteiger partial charge in [-0.25, -0.2) is 0 Å². The van der Waals surface area contributed by atoms with Gasteiger partial charge in [-0.3, -0.25) is 0 Å². The van der Waals surface area contributed by atoms with E-state index in [1.807, 2.05) is 24.3 Å². The van der Waals surface area contributed by atoms with Crippen molar-refractivity contribution in [3.63, 3.8) is 0 Å². The minimum absolute atomic E-state index is 0.0303. The first-order chi connectivity index (χ1) is 5.24. The number of nitrogens with two attached hydrogens (primary N) is 1. The first-order valence-electron chi connectivity index (χ1n) is 3.62. The highest BCUT2D eigenvalue weighted by Crippen LogP contribution is 2.11. The van der Waals surface area contributed by atoms with Crippen LogP contribution in [0.1, 0.15) is 17.2 Å². The highest BCUT2D eigenvalue weighted by atomic mass is 35.5. The number of benzene rings is 1. The average molecular weight is 170 g/mol. The van der Waals surface area contributed by atoms with Crippen LogP contribution in [0.4, 0.5) is 0 Å². The van der Waals surface area contributed by atoms with E-state index in [-0.39, 0.29) is 6.04 Å². The topological polar surface area (TPSA) is 26.0 Å². The van der Waals surface area contributed by atoms with E-state index < -0.39 is 0 Å². The predicted octanol–water partition coefficient (Wildman–Crippen LogP) is 2.23. The van der Waals surface area contributed by atoms with E-state index in [1.165, 1.54) is 5.56 Å². The van der Waals surface area contributed by atoms with Crippen molar-refractivity contribution in [2.45, 2.75) is 13.0 Å². The first kappa shape index (κ1) is 8.57. The van der Waals surface area contributed by atoms with Gasteiger partial charge in [0.05, 0.1) is 0 Å². The van der Waals surface area contributed by atoms with Crippen LogP contribution in [-0.4, -0.2) is 5.88 Å². The predicted molar refractivity (Wildman–Crippen MR) is 48.8 cm³/mol. The van der Waals surface area contributed by atoms with Crippen molar-refractivity contribution >= 4 is 11.6 Å². The summed E-state index contributed by atoms with van der Waals surface area (Å²) in [5.41, 5.74) is 8.06. The number of hydrogen-bond donors (Lipinski definition) is 1. The van der Waals surface area contributed by atoms with E-state index in [4.69, 9.17) is 17.3 Å². The molecule has 1 atom stereocenters. The molecule has 0 bridgehead atoms. The largest absolute Gasteiger partial charge is 0.323 e. The zero-order chi connectivity index (χ0) is 8.27. The number of alkyl halides is 1. The molecule has 0 amide bonds. The molecule has 1 aromatic rings. The molecule has 0 aromatic heterocycles. The molecule has 2 heteroatoms. The molecule has 1 aromatic carbocycles. The lowest BCUT2D eigenvalue weighted by atomic mass is 10.1. The van der Waals surface area contributed by atoms with Gasteiger partial charge in [0.25, 0.3) is 0 Å². The van der Waals surface area contributed by atoms with Crippen LogP contribution in [0.3, 0.4) is 0 Å². The third-order valence-corrected chi connectivity index (χ3v) is 2.00. The Bertz CT molecular complexity index is 218. The van der Waals surface area contributed by atoms with Crippen LogP contribution in [-0.2, 0) is 0 Å². The lowest BCUT2D eigenvalue weighted by Crippen LogP contribution is -2.11. The van der Waals surface area contributed by atoms with Crippen LogP contribution >= 0.6 is 11.6 Å². The fraction of sp³-hybridized carbons (Fsp3) is 0.333. The summed E-state index contributed by atoms with van der Waals surface area (Å²) in [4.78, 5) is 0. The molecule has 1 unspecified atom stereocenters. The Hall–Kier alpha value is -0.530. The standard InChI is InChI=1S/C9H12ClN/c1-7-2-4-8(5-3-7)9(11)6-10/h2-5,9H,6,11H2,1H3. The van der Waals surface area contributed by atoms with Gasteiger partial charge in [-0.05, 0) is 12.5 Å². The summed E-state index contributed by atoms with van der Waals surface area (Å²) >= 11 is 5.60. The molecule has 2 N–H and O–H groups in total. The van der Waals surface area contributed by atoms with Gasteiger partial charge < -0.3 is 5.73 Å². The molecule has 1 nitrogen and oxygen atoms in total. The van der Waals surface area contributed by atoms with E-state index in [0.29, 0.717) is 5.88 Å². The van der Waals surface area contributed by atoms with E-state index in [9.17, 15) is 0 Å². The van der Waals surface area contributed by atoms with Gasteiger partial charge in [-0.1, -0.05) is 29.8 Å². The molecule has 0 radical (unpaired) electrons. The zero-order valence-corrected chi connectivity index (χ0v) is 7.31. The smallest absolute Gasteiger partial charge is 0.0432 e. The van der Waals surface area contributed by atoms with Gasteiger partial charge in [-0.15, -0.1) is 11.6 Å². The highest BCUT2D eigenvalue weighted by molar-refractivity contribution is 6.18. The number of aryl methyl sites for hydroxylation is 1. The van der Waals surface area contributed by atoms with Crippen LogP contribution in [0, 0.1) is 6.92 Å². The minimum atomic E-state index is -0.0303. The fourth-order valence-electron chi connectivity index (χ4n) is 0.903. The van der Waals surface area contributed by atoms with E-state index in [0.717, 1.165) is 5.56 Å². The Morgan fingerprint density at radius 2 is 1.91 bits per heavy atom. The third-order valence-electron chi connectivity index (χ3n) is 1.67. The third kappa shape index (κ3) is 2.21. The monoisotopic (exact) mass is 169 g/mol. The summed E-state index contributed by atoms with van der Waals surface area (Å²) in [7, 11) is 0. The van der Waals surface area contributed by atoms with E-state index in [2.05, 4.69) is 6.92 Å². The molecular formula is C9H12ClN. The summed E-state index contributed by atoms with van der Waals surface area (Å²) in [6, 6.07) is 8.09. The van der Waals surface area contributed by atoms with Crippen LogP contribution < -0.4 is 5.73 Å². The zero-order valence-electron chi connectivity index (χ0n) is 6.55. The number of halogens is 1. The number of hydrogen-bond acceptors (Lipinski definition) is 1. The molecule has 11 heavy (non-hydrogen) atoms. The summed E-state index contributed by atoms with van der Waals surface area (Å²) in [6.45, 7) is 2.05. The van der Waals surface area contributed by atoms with Crippen LogP contribution in [0.15, 0.2) is 24.3 Å². The molecule has 0 aliphatic heterocycles. The Labute approximate surface area is 72.2 Å². The van der Waals surface area contributed by atoms with Crippen molar-refractivity contribution < 1.29 is 0 Å². The van der Waals surface area contributed by atoms with Crippen molar-refractivity contribution in [2.24, 2.45) is 5.73 Å². The second-order valence-electron chi connectivity index (χ2n) is 2.67. The van der Waals surface area contributed by atoms with Gasteiger partial charge >= 0.3 is 0 Å². The summed E-state index contributed by atoms with van der Waals surface area (Å²) in [5, 5.41) is 0. The lowest BCUT2D eigenvalue weighted by Gasteiger charge is -2.07. The molecule has 0 aliphatic rings. The highest BCUT2D eigenvalue weighted by Gasteiger charge is 2.01. The Balaban J connectivity index is 2.81. The Morgan fingerprint density at radius 3 is 2.36 bits per heavy atom. The molecule has 0 spiro atoms. The summed E-state index contributed by atoms with van der Waals surface area (Å²) in [6.07, 6.45) is 0. The van der Waals surface area contributed by atoms with Crippen molar-refractivity contribution in [3.05, 3.63) is 35.4 Å². The summed E-state index contributed by atoms with van der Waals surface area (Å²) in [5.74, 6) is 0.475. The van der Waals surface area contributed by atoms with Crippen molar-refractivity contribution in [3.8, 4) is 0 Å². The van der Waals surface area contributed by atoms with Crippen LogP contribution in [0.25, 0.3) is 0 Å². The van der Waals surface area contributed by atoms with Crippen LogP contribution in [0.2, 0.25) is 0 Å². The Morgan fingerprint density at radius 1 is 1.36 bits per heavy atom. The summed E-state index contributed by atoms with van der Waals surface area (Å²) < 4.78 is 0. The quantitative estimate of drug-likeness (QED) is 0.676. The van der Waals surface area contributed by atoms with Gasteiger partial charge in [0.1, 0.15) is 0 Å². The number of rotatable bonds is 2. The van der Waals surface area contributed by atoms with E-state index >= 15 is 0 Å². The van der Waals surface area contributed by atoms with Gasteiger partial charge in [0, 0.05) is 11.9 Å². The molecule has 1 rings (SSSR count). The first-order valence-corrected chi connectivity index (χ1v) is 4.15. The fourth-order valence-corrected chi connectivity index (χ4v) is 1.08. The minimum Gasteiger partial charge on any atom is -0.323 e. The maximum Gasteiger partial charge on any atom is 0.0432 e. The molecule has 0 aliphatic carbocycles. The Kier molecular flexibility index (Phi) is 2.92. The average Bonchev–Trinajstić information content (AvgIpc) is 2.05. The van der Waals surface area contributed by atoms with Crippen LogP contribution in [0.5, 0.6) is 0 Å². The SMILES string of the molecule is Cc1ccc(C(N)CCl)cc1. The lowest BCUT2D eigenvalue weighted by molar-refractivity contribution is 0.826. The normalized spacial score (nSPS) is 13.0.